The SMILES string of the molecule is O=C(COC(=O)C12CC3CC(CC(Br)(C3)C1)C2)Nc1ccccc1Cl. The molecule has 2 unspecified atom stereocenters. The second-order valence-corrected chi connectivity index (χ2v) is 10.1. The maximum absolute atomic E-state index is 12.8. The molecule has 0 aromatic heterocycles. The minimum absolute atomic E-state index is 0.0932. The van der Waals surface area contributed by atoms with Gasteiger partial charge >= 0.3 is 5.97 Å². The van der Waals surface area contributed by atoms with Crippen molar-refractivity contribution >= 4 is 45.1 Å². The van der Waals surface area contributed by atoms with Crippen molar-refractivity contribution in [2.45, 2.75) is 42.8 Å². The van der Waals surface area contributed by atoms with Gasteiger partial charge in [-0.15, -0.1) is 0 Å². The number of esters is 1. The normalized spacial score (nSPS) is 35.4. The fraction of sp³-hybridized carbons (Fsp3) is 0.579. The lowest BCUT2D eigenvalue weighted by atomic mass is 9.49. The number of anilines is 1. The van der Waals surface area contributed by atoms with Crippen LogP contribution in [0.15, 0.2) is 24.3 Å². The van der Waals surface area contributed by atoms with E-state index in [1.807, 2.05) is 0 Å². The lowest BCUT2D eigenvalue weighted by molar-refractivity contribution is -0.170. The minimum Gasteiger partial charge on any atom is -0.455 e. The Hall–Kier alpha value is -1.07. The predicted molar refractivity (Wildman–Crippen MR) is 99.8 cm³/mol. The smallest absolute Gasteiger partial charge is 0.312 e. The number of hydrogen-bond acceptors (Lipinski definition) is 3. The molecule has 0 radical (unpaired) electrons. The molecule has 6 heteroatoms. The van der Waals surface area contributed by atoms with Crippen LogP contribution in [0, 0.1) is 17.3 Å². The summed E-state index contributed by atoms with van der Waals surface area (Å²) in [5, 5.41) is 3.15. The second kappa shape index (κ2) is 6.27. The fourth-order valence-corrected chi connectivity index (χ4v) is 7.06. The molecule has 0 spiro atoms. The van der Waals surface area contributed by atoms with Crippen molar-refractivity contribution < 1.29 is 14.3 Å². The van der Waals surface area contributed by atoms with Gasteiger partial charge in [0.1, 0.15) is 0 Å². The van der Waals surface area contributed by atoms with E-state index in [-0.39, 0.29) is 22.8 Å². The van der Waals surface area contributed by atoms with Gasteiger partial charge in [0.25, 0.3) is 5.91 Å². The molecule has 1 amide bonds. The van der Waals surface area contributed by atoms with Crippen LogP contribution in [0.1, 0.15) is 38.5 Å². The number of hydrogen-bond donors (Lipinski definition) is 1. The Morgan fingerprint density at radius 2 is 1.88 bits per heavy atom. The molecule has 0 heterocycles. The van der Waals surface area contributed by atoms with Crippen molar-refractivity contribution in [1.82, 2.24) is 0 Å². The molecule has 0 saturated heterocycles. The van der Waals surface area contributed by atoms with E-state index in [2.05, 4.69) is 21.2 Å². The highest BCUT2D eigenvalue weighted by atomic mass is 79.9. The Labute approximate surface area is 160 Å². The molecule has 1 aromatic rings. The fourth-order valence-electron chi connectivity index (χ4n) is 5.42. The molecule has 25 heavy (non-hydrogen) atoms. The Kier molecular flexibility index (Phi) is 4.35. The molecule has 5 rings (SSSR count). The van der Waals surface area contributed by atoms with E-state index in [9.17, 15) is 9.59 Å². The molecular formula is C19H21BrClNO3. The second-order valence-electron chi connectivity index (χ2n) is 8.00. The maximum Gasteiger partial charge on any atom is 0.312 e. The summed E-state index contributed by atoms with van der Waals surface area (Å²) >= 11 is 9.92. The van der Waals surface area contributed by atoms with Crippen molar-refractivity contribution in [3.05, 3.63) is 29.3 Å². The summed E-state index contributed by atoms with van der Waals surface area (Å²) in [5.74, 6) is 0.634. The van der Waals surface area contributed by atoms with E-state index in [0.717, 1.165) is 32.1 Å². The zero-order valence-electron chi connectivity index (χ0n) is 13.9. The first-order chi connectivity index (χ1) is 11.9. The third kappa shape index (κ3) is 3.33. The molecule has 4 bridgehead atoms. The predicted octanol–water partition coefficient (Wildman–Crippen LogP) is 4.56. The third-order valence-corrected chi connectivity index (χ3v) is 7.16. The van der Waals surface area contributed by atoms with Crippen LogP contribution in [0.2, 0.25) is 5.02 Å². The summed E-state index contributed by atoms with van der Waals surface area (Å²) in [6.45, 7) is -0.267. The van der Waals surface area contributed by atoms with Crippen molar-refractivity contribution in [1.29, 1.82) is 0 Å². The van der Waals surface area contributed by atoms with E-state index in [1.54, 1.807) is 24.3 Å². The standard InChI is InChI=1S/C19H21BrClNO3/c20-19-8-12-5-13(9-19)7-18(6-12,11-19)17(24)25-10-16(23)22-15-4-2-1-3-14(15)21/h1-4,12-13H,5-11H2,(H,22,23). The van der Waals surface area contributed by atoms with Gasteiger partial charge in [-0.1, -0.05) is 39.7 Å². The molecule has 4 aliphatic carbocycles. The highest BCUT2D eigenvalue weighted by Gasteiger charge is 2.60. The van der Waals surface area contributed by atoms with Gasteiger partial charge in [-0.2, -0.15) is 0 Å². The number of ether oxygens (including phenoxy) is 1. The maximum atomic E-state index is 12.8. The molecule has 4 aliphatic rings. The molecule has 1 N–H and O–H groups in total. The number of para-hydroxylation sites is 1. The zero-order valence-corrected chi connectivity index (χ0v) is 16.2. The van der Waals surface area contributed by atoms with E-state index in [0.29, 0.717) is 22.5 Å². The van der Waals surface area contributed by atoms with Gasteiger partial charge < -0.3 is 10.1 Å². The van der Waals surface area contributed by atoms with Gasteiger partial charge in [-0.3, -0.25) is 9.59 Å². The number of benzene rings is 1. The number of nitrogens with one attached hydrogen (secondary N) is 1. The van der Waals surface area contributed by atoms with E-state index in [1.165, 1.54) is 6.42 Å². The van der Waals surface area contributed by atoms with Crippen molar-refractivity contribution in [3.8, 4) is 0 Å². The van der Waals surface area contributed by atoms with Gasteiger partial charge in [-0.25, -0.2) is 0 Å². The summed E-state index contributed by atoms with van der Waals surface area (Å²) in [5.41, 5.74) is 0.123. The van der Waals surface area contributed by atoms with Gasteiger partial charge in [0.05, 0.1) is 16.1 Å². The zero-order chi connectivity index (χ0) is 17.7. The van der Waals surface area contributed by atoms with E-state index < -0.39 is 5.41 Å². The largest absolute Gasteiger partial charge is 0.455 e. The lowest BCUT2D eigenvalue weighted by Crippen LogP contribution is -2.56. The quantitative estimate of drug-likeness (QED) is 0.567. The number of amides is 1. The van der Waals surface area contributed by atoms with Gasteiger partial charge in [-0.05, 0) is 62.5 Å². The molecule has 1 aromatic carbocycles. The summed E-state index contributed by atoms with van der Waals surface area (Å²) in [7, 11) is 0. The molecule has 4 saturated carbocycles. The molecule has 0 aliphatic heterocycles. The highest BCUT2D eigenvalue weighted by Crippen LogP contribution is 2.64. The molecule has 4 fully saturated rings. The topological polar surface area (TPSA) is 55.4 Å². The Balaban J connectivity index is 1.38. The first-order valence-corrected chi connectivity index (χ1v) is 9.95. The van der Waals surface area contributed by atoms with E-state index in [4.69, 9.17) is 16.3 Å². The summed E-state index contributed by atoms with van der Waals surface area (Å²) < 4.78 is 5.52. The van der Waals surface area contributed by atoms with Crippen LogP contribution in [0.3, 0.4) is 0 Å². The van der Waals surface area contributed by atoms with Crippen LogP contribution in [0.25, 0.3) is 0 Å². The van der Waals surface area contributed by atoms with Gasteiger partial charge in [0.2, 0.25) is 0 Å². The van der Waals surface area contributed by atoms with Crippen LogP contribution in [-0.4, -0.2) is 22.8 Å². The number of alkyl halides is 1. The average Bonchev–Trinajstić information content (AvgIpc) is 2.52. The van der Waals surface area contributed by atoms with Gasteiger partial charge in [0.15, 0.2) is 6.61 Å². The number of halogens is 2. The van der Waals surface area contributed by atoms with Crippen molar-refractivity contribution in [2.75, 3.05) is 11.9 Å². The first-order valence-electron chi connectivity index (χ1n) is 8.78. The van der Waals surface area contributed by atoms with Crippen LogP contribution >= 0.6 is 27.5 Å². The molecule has 2 atom stereocenters. The summed E-state index contributed by atoms with van der Waals surface area (Å²) in [6, 6.07) is 7.00. The summed E-state index contributed by atoms with van der Waals surface area (Å²) in [6.07, 6.45) is 6.19. The van der Waals surface area contributed by atoms with Crippen molar-refractivity contribution in [2.24, 2.45) is 17.3 Å². The Morgan fingerprint density at radius 3 is 2.52 bits per heavy atom. The number of carbonyl (C=O) groups excluding carboxylic acids is 2. The van der Waals surface area contributed by atoms with Crippen LogP contribution in [0.5, 0.6) is 0 Å². The number of carbonyl (C=O) groups is 2. The lowest BCUT2D eigenvalue weighted by Gasteiger charge is -2.58. The number of rotatable bonds is 4. The molecule has 134 valence electrons. The Morgan fingerprint density at radius 1 is 1.20 bits per heavy atom. The molecular weight excluding hydrogens is 406 g/mol. The third-order valence-electron chi connectivity index (χ3n) is 5.91. The first kappa shape index (κ1) is 17.3. The van der Waals surface area contributed by atoms with Crippen LogP contribution < -0.4 is 5.32 Å². The Bertz CT molecular complexity index is 708. The van der Waals surface area contributed by atoms with Crippen LogP contribution in [-0.2, 0) is 14.3 Å². The minimum atomic E-state index is -0.405. The monoisotopic (exact) mass is 425 g/mol. The summed E-state index contributed by atoms with van der Waals surface area (Å²) in [4.78, 5) is 24.9. The van der Waals surface area contributed by atoms with Gasteiger partial charge in [0, 0.05) is 4.32 Å². The van der Waals surface area contributed by atoms with Crippen molar-refractivity contribution in [3.63, 3.8) is 0 Å². The van der Waals surface area contributed by atoms with Crippen LogP contribution in [0.4, 0.5) is 5.69 Å². The average molecular weight is 427 g/mol. The molecule has 4 nitrogen and oxygen atoms in total. The highest BCUT2D eigenvalue weighted by molar-refractivity contribution is 9.10. The van der Waals surface area contributed by atoms with E-state index >= 15 is 0 Å².